The quantitative estimate of drug-likeness (QED) is 0.709. The molecule has 1 aliphatic rings. The van der Waals surface area contributed by atoms with Crippen molar-refractivity contribution in [3.05, 3.63) is 0 Å². The summed E-state index contributed by atoms with van der Waals surface area (Å²) >= 11 is 0. The fourth-order valence-electron chi connectivity index (χ4n) is 1.80. The second-order valence-electron chi connectivity index (χ2n) is 4.53. The van der Waals surface area contributed by atoms with Crippen LogP contribution in [-0.2, 0) is 9.59 Å². The lowest BCUT2D eigenvalue weighted by molar-refractivity contribution is -0.140. The molecule has 0 saturated carbocycles. The highest BCUT2D eigenvalue weighted by Crippen LogP contribution is 2.12. The van der Waals surface area contributed by atoms with Gasteiger partial charge >= 0.3 is 0 Å². The van der Waals surface area contributed by atoms with E-state index in [-0.39, 0.29) is 24.3 Å². The minimum atomic E-state index is -0.0420. The van der Waals surface area contributed by atoms with Crippen molar-refractivity contribution in [2.75, 3.05) is 40.8 Å². The maximum Gasteiger partial charge on any atom is 0.241 e. The number of amides is 2. The number of likely N-dealkylation sites (N-methyl/N-ethyl adjacent to an activating group) is 2. The lowest BCUT2D eigenvalue weighted by Gasteiger charge is -2.27. The molecule has 92 valence electrons. The third kappa shape index (κ3) is 3.48. The van der Waals surface area contributed by atoms with Crippen molar-refractivity contribution in [3.63, 3.8) is 0 Å². The van der Waals surface area contributed by atoms with Gasteiger partial charge in [0.05, 0.1) is 12.5 Å². The molecule has 1 rings (SSSR count). The first-order valence-electron chi connectivity index (χ1n) is 5.68. The standard InChI is InChI=1S/C11H21N3O2/c1-13(2)10(15)8-14(3)11(16)9-5-4-6-12-7-9/h9,12H,4-8H2,1-3H3. The van der Waals surface area contributed by atoms with Crippen LogP contribution in [-0.4, -0.2) is 62.4 Å². The first-order valence-corrected chi connectivity index (χ1v) is 5.68. The van der Waals surface area contributed by atoms with Crippen molar-refractivity contribution < 1.29 is 9.59 Å². The molecule has 1 aliphatic heterocycles. The molecule has 0 aromatic rings. The summed E-state index contributed by atoms with van der Waals surface area (Å²) in [6, 6.07) is 0. The maximum atomic E-state index is 12.0. The third-order valence-corrected chi connectivity index (χ3v) is 2.89. The summed E-state index contributed by atoms with van der Waals surface area (Å²) in [6.45, 7) is 1.89. The highest BCUT2D eigenvalue weighted by molar-refractivity contribution is 5.85. The van der Waals surface area contributed by atoms with Crippen LogP contribution < -0.4 is 5.32 Å². The van der Waals surface area contributed by atoms with Crippen LogP contribution in [0.2, 0.25) is 0 Å². The zero-order valence-corrected chi connectivity index (χ0v) is 10.3. The number of carbonyl (C=O) groups is 2. The monoisotopic (exact) mass is 227 g/mol. The van der Waals surface area contributed by atoms with Crippen LogP contribution in [0.1, 0.15) is 12.8 Å². The zero-order chi connectivity index (χ0) is 12.1. The molecule has 0 aromatic heterocycles. The molecule has 0 aromatic carbocycles. The van der Waals surface area contributed by atoms with Crippen LogP contribution in [0.4, 0.5) is 0 Å². The Morgan fingerprint density at radius 2 is 2.00 bits per heavy atom. The summed E-state index contributed by atoms with van der Waals surface area (Å²) in [5, 5.41) is 3.20. The second kappa shape index (κ2) is 5.84. The highest BCUT2D eigenvalue weighted by atomic mass is 16.2. The Labute approximate surface area is 96.8 Å². The van der Waals surface area contributed by atoms with Crippen LogP contribution >= 0.6 is 0 Å². The van der Waals surface area contributed by atoms with E-state index in [0.29, 0.717) is 0 Å². The molecule has 5 nitrogen and oxygen atoms in total. The topological polar surface area (TPSA) is 52.7 Å². The van der Waals surface area contributed by atoms with Gasteiger partial charge in [0.25, 0.3) is 0 Å². The molecule has 0 spiro atoms. The molecule has 1 fully saturated rings. The number of hydrogen-bond donors (Lipinski definition) is 1. The Morgan fingerprint density at radius 3 is 2.50 bits per heavy atom. The Kier molecular flexibility index (Phi) is 4.73. The third-order valence-electron chi connectivity index (χ3n) is 2.89. The van der Waals surface area contributed by atoms with Gasteiger partial charge in [0.1, 0.15) is 0 Å². The minimum Gasteiger partial charge on any atom is -0.347 e. The molecular formula is C11H21N3O2. The van der Waals surface area contributed by atoms with Gasteiger partial charge in [0, 0.05) is 27.7 Å². The summed E-state index contributed by atoms with van der Waals surface area (Å²) in [6.07, 6.45) is 1.96. The van der Waals surface area contributed by atoms with Crippen molar-refractivity contribution in [3.8, 4) is 0 Å². The molecule has 5 heteroatoms. The van der Waals surface area contributed by atoms with E-state index in [1.165, 1.54) is 9.80 Å². The van der Waals surface area contributed by atoms with Gasteiger partial charge < -0.3 is 15.1 Å². The molecule has 1 atom stereocenters. The highest BCUT2D eigenvalue weighted by Gasteiger charge is 2.25. The Bertz CT molecular complexity index is 260. The van der Waals surface area contributed by atoms with Crippen LogP contribution in [0.5, 0.6) is 0 Å². The predicted molar refractivity (Wildman–Crippen MR) is 61.9 cm³/mol. The van der Waals surface area contributed by atoms with E-state index in [0.717, 1.165) is 25.9 Å². The summed E-state index contributed by atoms with van der Waals surface area (Å²) in [5.74, 6) is 0.0655. The zero-order valence-electron chi connectivity index (χ0n) is 10.3. The van der Waals surface area contributed by atoms with E-state index in [2.05, 4.69) is 5.32 Å². The lowest BCUT2D eigenvalue weighted by atomic mass is 9.98. The van der Waals surface area contributed by atoms with Gasteiger partial charge in [-0.15, -0.1) is 0 Å². The smallest absolute Gasteiger partial charge is 0.241 e. The van der Waals surface area contributed by atoms with Crippen molar-refractivity contribution >= 4 is 11.8 Å². The molecular weight excluding hydrogens is 206 g/mol. The predicted octanol–water partition coefficient (Wildman–Crippen LogP) is -0.467. The molecule has 0 bridgehead atoms. The van der Waals surface area contributed by atoms with E-state index >= 15 is 0 Å². The van der Waals surface area contributed by atoms with E-state index in [1.54, 1.807) is 21.1 Å². The minimum absolute atomic E-state index is 0.0358. The van der Waals surface area contributed by atoms with Crippen molar-refractivity contribution in [2.24, 2.45) is 5.92 Å². The van der Waals surface area contributed by atoms with Gasteiger partial charge in [0.15, 0.2) is 0 Å². The normalized spacial score (nSPS) is 20.3. The van der Waals surface area contributed by atoms with Crippen LogP contribution in [0.3, 0.4) is 0 Å². The second-order valence-corrected chi connectivity index (χ2v) is 4.53. The fourth-order valence-corrected chi connectivity index (χ4v) is 1.80. The summed E-state index contributed by atoms with van der Waals surface area (Å²) in [7, 11) is 5.09. The van der Waals surface area contributed by atoms with Gasteiger partial charge in [-0.05, 0) is 19.4 Å². The molecule has 1 heterocycles. The number of nitrogens with one attached hydrogen (secondary N) is 1. The van der Waals surface area contributed by atoms with Crippen molar-refractivity contribution in [2.45, 2.75) is 12.8 Å². The van der Waals surface area contributed by atoms with Crippen LogP contribution in [0.25, 0.3) is 0 Å². The molecule has 0 radical (unpaired) electrons. The molecule has 2 amide bonds. The van der Waals surface area contributed by atoms with Crippen LogP contribution in [0.15, 0.2) is 0 Å². The number of hydrogen-bond acceptors (Lipinski definition) is 3. The van der Waals surface area contributed by atoms with Crippen LogP contribution in [0, 0.1) is 5.92 Å². The van der Waals surface area contributed by atoms with E-state index in [1.807, 2.05) is 0 Å². The average Bonchev–Trinajstić information content (AvgIpc) is 2.28. The van der Waals surface area contributed by atoms with E-state index in [9.17, 15) is 9.59 Å². The summed E-state index contributed by atoms with van der Waals surface area (Å²) in [4.78, 5) is 26.5. The molecule has 1 N–H and O–H groups in total. The van der Waals surface area contributed by atoms with Crippen molar-refractivity contribution in [1.29, 1.82) is 0 Å². The summed E-state index contributed by atoms with van der Waals surface area (Å²) in [5.41, 5.74) is 0. The molecule has 16 heavy (non-hydrogen) atoms. The van der Waals surface area contributed by atoms with E-state index in [4.69, 9.17) is 0 Å². The largest absolute Gasteiger partial charge is 0.347 e. The Hall–Kier alpha value is -1.10. The fraction of sp³-hybridized carbons (Fsp3) is 0.818. The number of rotatable bonds is 3. The number of nitrogens with zero attached hydrogens (tertiary/aromatic N) is 2. The van der Waals surface area contributed by atoms with E-state index < -0.39 is 0 Å². The molecule has 1 unspecified atom stereocenters. The van der Waals surface area contributed by atoms with Gasteiger partial charge in [-0.2, -0.15) is 0 Å². The van der Waals surface area contributed by atoms with Gasteiger partial charge in [-0.3, -0.25) is 9.59 Å². The SMILES string of the molecule is CN(C)C(=O)CN(C)C(=O)C1CCCNC1. The molecule has 0 aliphatic carbocycles. The lowest BCUT2D eigenvalue weighted by Crippen LogP contribution is -2.44. The number of piperidine rings is 1. The molecule has 1 saturated heterocycles. The number of carbonyl (C=O) groups excluding carboxylic acids is 2. The Balaban J connectivity index is 2.43. The maximum absolute atomic E-state index is 12.0. The summed E-state index contributed by atoms with van der Waals surface area (Å²) < 4.78 is 0. The average molecular weight is 227 g/mol. The first kappa shape index (κ1) is 13.0. The van der Waals surface area contributed by atoms with Gasteiger partial charge in [-0.1, -0.05) is 0 Å². The first-order chi connectivity index (χ1) is 7.52. The van der Waals surface area contributed by atoms with Gasteiger partial charge in [0.2, 0.25) is 11.8 Å². The van der Waals surface area contributed by atoms with Crippen molar-refractivity contribution in [1.82, 2.24) is 15.1 Å². The van der Waals surface area contributed by atoms with Gasteiger partial charge in [-0.25, -0.2) is 0 Å². The Morgan fingerprint density at radius 1 is 1.31 bits per heavy atom.